The SMILES string of the molecule is O=C(O)c1ccn2c1CN=C1C=CCCC1=C2. The molecule has 86 valence electrons. The summed E-state index contributed by atoms with van der Waals surface area (Å²) in [6.45, 7) is 0.425. The molecule has 3 rings (SSSR count). The molecule has 1 aliphatic heterocycles. The fraction of sp³-hybridized carbons (Fsp3) is 0.231. The first-order valence-electron chi connectivity index (χ1n) is 5.61. The van der Waals surface area contributed by atoms with Crippen LogP contribution in [0.25, 0.3) is 6.20 Å². The van der Waals surface area contributed by atoms with Crippen molar-refractivity contribution in [3.8, 4) is 0 Å². The molecule has 0 atom stereocenters. The summed E-state index contributed by atoms with van der Waals surface area (Å²) >= 11 is 0. The number of carboxylic acid groups (broad SMARTS) is 1. The second-order valence-corrected chi connectivity index (χ2v) is 4.19. The number of carboxylic acids is 1. The number of aromatic nitrogens is 1. The van der Waals surface area contributed by atoms with E-state index in [1.165, 1.54) is 5.57 Å². The predicted molar refractivity (Wildman–Crippen MR) is 65.2 cm³/mol. The highest BCUT2D eigenvalue weighted by molar-refractivity contribution is 6.11. The molecule has 4 nitrogen and oxygen atoms in total. The van der Waals surface area contributed by atoms with Crippen LogP contribution in [-0.2, 0) is 6.54 Å². The normalized spacial score (nSPS) is 17.6. The van der Waals surface area contributed by atoms with E-state index in [0.29, 0.717) is 12.1 Å². The minimum atomic E-state index is -0.891. The van der Waals surface area contributed by atoms with Crippen molar-refractivity contribution in [2.45, 2.75) is 19.4 Å². The second-order valence-electron chi connectivity index (χ2n) is 4.19. The van der Waals surface area contributed by atoms with Crippen molar-refractivity contribution in [2.75, 3.05) is 0 Å². The van der Waals surface area contributed by atoms with Gasteiger partial charge in [0.05, 0.1) is 23.5 Å². The van der Waals surface area contributed by atoms with Crippen LogP contribution in [0.2, 0.25) is 0 Å². The Morgan fingerprint density at radius 3 is 3.18 bits per heavy atom. The molecular weight excluding hydrogens is 216 g/mol. The van der Waals surface area contributed by atoms with Crippen LogP contribution in [0.4, 0.5) is 0 Å². The molecular formula is C13H12N2O2. The van der Waals surface area contributed by atoms with Gasteiger partial charge in [-0.1, -0.05) is 6.08 Å². The molecule has 0 amide bonds. The second kappa shape index (κ2) is 3.73. The summed E-state index contributed by atoms with van der Waals surface area (Å²) in [5.41, 5.74) is 3.25. The average Bonchev–Trinajstić information content (AvgIpc) is 2.63. The summed E-state index contributed by atoms with van der Waals surface area (Å²) in [4.78, 5) is 15.5. The molecule has 0 saturated carbocycles. The van der Waals surface area contributed by atoms with Gasteiger partial charge in [0, 0.05) is 12.4 Å². The van der Waals surface area contributed by atoms with E-state index in [4.69, 9.17) is 5.11 Å². The summed E-state index contributed by atoms with van der Waals surface area (Å²) in [5.74, 6) is -0.891. The zero-order valence-corrected chi connectivity index (χ0v) is 9.26. The van der Waals surface area contributed by atoms with E-state index in [2.05, 4.69) is 11.1 Å². The van der Waals surface area contributed by atoms with Crippen molar-refractivity contribution in [2.24, 2.45) is 4.99 Å². The van der Waals surface area contributed by atoms with E-state index in [-0.39, 0.29) is 0 Å². The number of nitrogens with zero attached hydrogens (tertiary/aromatic N) is 2. The van der Waals surface area contributed by atoms with Crippen LogP contribution in [0.5, 0.6) is 0 Å². The fourth-order valence-corrected chi connectivity index (χ4v) is 2.24. The van der Waals surface area contributed by atoms with Gasteiger partial charge in [-0.3, -0.25) is 4.99 Å². The van der Waals surface area contributed by atoms with Gasteiger partial charge in [0.15, 0.2) is 0 Å². The highest BCUT2D eigenvalue weighted by Crippen LogP contribution is 2.23. The Morgan fingerprint density at radius 1 is 1.47 bits per heavy atom. The lowest BCUT2D eigenvalue weighted by atomic mass is 10.00. The predicted octanol–water partition coefficient (Wildman–Crippen LogP) is 2.33. The first-order valence-corrected chi connectivity index (χ1v) is 5.61. The van der Waals surface area contributed by atoms with Gasteiger partial charge in [0.25, 0.3) is 0 Å². The number of aliphatic imine (C=N–C) groups is 1. The van der Waals surface area contributed by atoms with Crippen LogP contribution >= 0.6 is 0 Å². The summed E-state index contributed by atoms with van der Waals surface area (Å²) in [7, 11) is 0. The molecule has 0 radical (unpaired) electrons. The van der Waals surface area contributed by atoms with Crippen LogP contribution in [0, 0.1) is 0 Å². The molecule has 1 N–H and O–H groups in total. The highest BCUT2D eigenvalue weighted by atomic mass is 16.4. The lowest BCUT2D eigenvalue weighted by molar-refractivity contribution is 0.0696. The molecule has 4 heteroatoms. The van der Waals surface area contributed by atoms with E-state index in [1.54, 1.807) is 12.3 Å². The number of hydrogen-bond donors (Lipinski definition) is 1. The Hall–Kier alpha value is -2.10. The Morgan fingerprint density at radius 2 is 2.35 bits per heavy atom. The molecule has 1 aromatic rings. The van der Waals surface area contributed by atoms with Gasteiger partial charge in [-0.2, -0.15) is 0 Å². The Labute approximate surface area is 98.6 Å². The molecule has 2 heterocycles. The maximum absolute atomic E-state index is 11.1. The fourth-order valence-electron chi connectivity index (χ4n) is 2.24. The van der Waals surface area contributed by atoms with Crippen molar-refractivity contribution in [3.63, 3.8) is 0 Å². The van der Waals surface area contributed by atoms with Crippen molar-refractivity contribution in [1.29, 1.82) is 0 Å². The van der Waals surface area contributed by atoms with Crippen molar-refractivity contribution in [1.82, 2.24) is 4.57 Å². The van der Waals surface area contributed by atoms with Crippen molar-refractivity contribution in [3.05, 3.63) is 41.2 Å². The summed E-state index contributed by atoms with van der Waals surface area (Å²) in [6.07, 6.45) is 9.90. The topological polar surface area (TPSA) is 54.6 Å². The maximum Gasteiger partial charge on any atom is 0.337 e. The van der Waals surface area contributed by atoms with Gasteiger partial charge < -0.3 is 9.67 Å². The molecule has 1 aromatic heterocycles. The number of carbonyl (C=O) groups is 1. The number of hydrogen-bond acceptors (Lipinski definition) is 2. The van der Waals surface area contributed by atoms with Crippen LogP contribution in [0.15, 0.2) is 35.0 Å². The van der Waals surface area contributed by atoms with Gasteiger partial charge in [-0.05, 0) is 30.6 Å². The summed E-state index contributed by atoms with van der Waals surface area (Å²) < 4.78 is 1.88. The van der Waals surface area contributed by atoms with Gasteiger partial charge in [0.1, 0.15) is 0 Å². The maximum atomic E-state index is 11.1. The van der Waals surface area contributed by atoms with Gasteiger partial charge in [-0.15, -0.1) is 0 Å². The molecule has 0 unspecified atom stereocenters. The number of fused-ring (bicyclic) bond motifs is 2. The molecule has 0 fully saturated rings. The van der Waals surface area contributed by atoms with Crippen LogP contribution in [0.3, 0.4) is 0 Å². The quantitative estimate of drug-likeness (QED) is 0.802. The third kappa shape index (κ3) is 1.62. The third-order valence-electron chi connectivity index (χ3n) is 3.13. The van der Waals surface area contributed by atoms with E-state index in [0.717, 1.165) is 24.2 Å². The first-order chi connectivity index (χ1) is 8.25. The number of aromatic carboxylic acids is 1. The van der Waals surface area contributed by atoms with Crippen LogP contribution in [-0.4, -0.2) is 21.4 Å². The zero-order chi connectivity index (χ0) is 11.8. The molecule has 0 spiro atoms. The lowest BCUT2D eigenvalue weighted by Gasteiger charge is -2.09. The minimum absolute atomic E-state index is 0.342. The van der Waals surface area contributed by atoms with Crippen LogP contribution in [0.1, 0.15) is 28.9 Å². The molecule has 0 aromatic carbocycles. The van der Waals surface area contributed by atoms with E-state index in [9.17, 15) is 4.79 Å². The van der Waals surface area contributed by atoms with Gasteiger partial charge in [-0.25, -0.2) is 4.79 Å². The van der Waals surface area contributed by atoms with Crippen LogP contribution < -0.4 is 0 Å². The van der Waals surface area contributed by atoms with E-state index in [1.807, 2.05) is 16.8 Å². The van der Waals surface area contributed by atoms with Gasteiger partial charge >= 0.3 is 5.97 Å². The van der Waals surface area contributed by atoms with Crippen molar-refractivity contribution >= 4 is 17.9 Å². The molecule has 0 saturated heterocycles. The summed E-state index contributed by atoms with van der Waals surface area (Å²) in [5, 5.41) is 9.08. The molecule has 0 bridgehead atoms. The lowest BCUT2D eigenvalue weighted by Crippen LogP contribution is -2.03. The highest BCUT2D eigenvalue weighted by Gasteiger charge is 2.18. The Balaban J connectivity index is 2.12. The summed E-state index contributed by atoms with van der Waals surface area (Å²) in [6, 6.07) is 1.63. The third-order valence-corrected chi connectivity index (χ3v) is 3.13. The average molecular weight is 228 g/mol. The Kier molecular flexibility index (Phi) is 2.21. The molecule has 17 heavy (non-hydrogen) atoms. The smallest absolute Gasteiger partial charge is 0.337 e. The Bertz CT molecular complexity index is 576. The van der Waals surface area contributed by atoms with Gasteiger partial charge in [0.2, 0.25) is 0 Å². The van der Waals surface area contributed by atoms with Crippen molar-refractivity contribution < 1.29 is 9.90 Å². The monoisotopic (exact) mass is 228 g/mol. The zero-order valence-electron chi connectivity index (χ0n) is 9.26. The number of allylic oxidation sites excluding steroid dienone is 3. The minimum Gasteiger partial charge on any atom is -0.478 e. The molecule has 2 aliphatic rings. The largest absolute Gasteiger partial charge is 0.478 e. The van der Waals surface area contributed by atoms with E-state index >= 15 is 0 Å². The number of rotatable bonds is 1. The standard InChI is InChI=1S/C13H12N2O2/c16-13(17)10-5-6-15-8-9-3-1-2-4-11(9)14-7-12(10)15/h2,4-6,8H,1,3,7H2,(H,16,17). The molecule has 1 aliphatic carbocycles. The van der Waals surface area contributed by atoms with E-state index < -0.39 is 5.97 Å². The first kappa shape index (κ1) is 10.1.